The summed E-state index contributed by atoms with van der Waals surface area (Å²) in [5.41, 5.74) is 1.31. The highest BCUT2D eigenvalue weighted by atomic mass is 16.5. The number of nitrogens with one attached hydrogen (secondary N) is 2. The normalized spacial score (nSPS) is 11.8. The minimum atomic E-state index is -0.312. The quantitative estimate of drug-likeness (QED) is 0.847. The number of aromatic nitrogens is 2. The van der Waals surface area contributed by atoms with Gasteiger partial charge in [0.15, 0.2) is 0 Å². The lowest BCUT2D eigenvalue weighted by molar-refractivity contribution is 0.249. The highest BCUT2D eigenvalue weighted by Gasteiger charge is 2.11. The minimum absolute atomic E-state index is 0.217. The Hall–Kier alpha value is -2.37. The van der Waals surface area contributed by atoms with Crippen molar-refractivity contribution < 1.29 is 9.32 Å². The van der Waals surface area contributed by atoms with Crippen molar-refractivity contribution in [2.75, 3.05) is 5.32 Å². The van der Waals surface area contributed by atoms with Crippen LogP contribution >= 0.6 is 0 Å². The summed E-state index contributed by atoms with van der Waals surface area (Å²) < 4.78 is 4.70. The molecule has 0 saturated heterocycles. The molecule has 0 spiro atoms. The Morgan fingerprint density at radius 3 is 3.00 bits per heavy atom. The molecule has 2 heterocycles. The van der Waals surface area contributed by atoms with Gasteiger partial charge in [0.05, 0.1) is 17.9 Å². The Balaban J connectivity index is 1.90. The first-order chi connectivity index (χ1) is 8.25. The summed E-state index contributed by atoms with van der Waals surface area (Å²) in [6.45, 7) is 1.82. The number of urea groups is 1. The fourth-order valence-electron chi connectivity index (χ4n) is 1.32. The van der Waals surface area contributed by atoms with E-state index in [2.05, 4.69) is 20.8 Å². The lowest BCUT2D eigenvalue weighted by atomic mass is 10.2. The van der Waals surface area contributed by atoms with Crippen LogP contribution in [0.4, 0.5) is 10.5 Å². The molecule has 0 aliphatic carbocycles. The number of carbonyl (C=O) groups is 1. The molecule has 0 aromatic carbocycles. The van der Waals surface area contributed by atoms with Gasteiger partial charge in [0.2, 0.25) is 0 Å². The van der Waals surface area contributed by atoms with E-state index >= 15 is 0 Å². The second-order valence-electron chi connectivity index (χ2n) is 3.49. The third kappa shape index (κ3) is 3.04. The van der Waals surface area contributed by atoms with Gasteiger partial charge in [0.1, 0.15) is 12.0 Å². The van der Waals surface area contributed by atoms with Gasteiger partial charge in [0.25, 0.3) is 0 Å². The standard InChI is InChI=1S/C11H12N4O2/c1-8(10-4-6-17-15-10)13-11(16)14-9-3-2-5-12-7-9/h2-8H,1H3,(H2,13,14,16)/t8-/m1/s1. The van der Waals surface area contributed by atoms with Gasteiger partial charge in [-0.1, -0.05) is 5.16 Å². The van der Waals surface area contributed by atoms with Crippen molar-refractivity contribution in [1.82, 2.24) is 15.5 Å². The summed E-state index contributed by atoms with van der Waals surface area (Å²) in [6, 6.07) is 4.68. The minimum Gasteiger partial charge on any atom is -0.364 e. The molecule has 17 heavy (non-hydrogen) atoms. The van der Waals surface area contributed by atoms with Crippen molar-refractivity contribution in [2.24, 2.45) is 0 Å². The van der Waals surface area contributed by atoms with Crippen LogP contribution in [0.2, 0.25) is 0 Å². The first kappa shape index (κ1) is 11.1. The highest BCUT2D eigenvalue weighted by Crippen LogP contribution is 2.09. The van der Waals surface area contributed by atoms with E-state index in [0.29, 0.717) is 11.4 Å². The van der Waals surface area contributed by atoms with Crippen molar-refractivity contribution in [2.45, 2.75) is 13.0 Å². The molecule has 0 unspecified atom stereocenters. The lowest BCUT2D eigenvalue weighted by Gasteiger charge is -2.11. The fraction of sp³-hybridized carbons (Fsp3) is 0.182. The van der Waals surface area contributed by atoms with E-state index in [9.17, 15) is 4.79 Å². The summed E-state index contributed by atoms with van der Waals surface area (Å²) in [4.78, 5) is 15.5. The van der Waals surface area contributed by atoms with E-state index in [4.69, 9.17) is 4.52 Å². The molecule has 2 rings (SSSR count). The van der Waals surface area contributed by atoms with Crippen LogP contribution in [0.15, 0.2) is 41.4 Å². The molecule has 2 aromatic heterocycles. The van der Waals surface area contributed by atoms with E-state index < -0.39 is 0 Å². The number of anilines is 1. The molecule has 1 atom stereocenters. The summed E-state index contributed by atoms with van der Waals surface area (Å²) in [5, 5.41) is 9.14. The van der Waals surface area contributed by atoms with E-state index in [1.54, 1.807) is 30.6 Å². The number of amides is 2. The van der Waals surface area contributed by atoms with Crippen LogP contribution in [-0.4, -0.2) is 16.2 Å². The molecule has 2 aromatic rings. The van der Waals surface area contributed by atoms with Crippen LogP contribution in [0.5, 0.6) is 0 Å². The molecule has 2 N–H and O–H groups in total. The van der Waals surface area contributed by atoms with E-state index in [1.165, 1.54) is 6.26 Å². The van der Waals surface area contributed by atoms with Crippen molar-refractivity contribution in [3.8, 4) is 0 Å². The van der Waals surface area contributed by atoms with Crippen molar-refractivity contribution in [3.05, 3.63) is 42.5 Å². The second-order valence-corrected chi connectivity index (χ2v) is 3.49. The van der Waals surface area contributed by atoms with Gasteiger partial charge in [-0.2, -0.15) is 0 Å². The summed E-state index contributed by atoms with van der Waals surface area (Å²) in [6.07, 6.45) is 4.67. The first-order valence-corrected chi connectivity index (χ1v) is 5.13. The Labute approximate surface area is 98.0 Å². The smallest absolute Gasteiger partial charge is 0.319 e. The highest BCUT2D eigenvalue weighted by molar-refractivity contribution is 5.89. The number of carbonyl (C=O) groups excluding carboxylic acids is 1. The summed E-state index contributed by atoms with van der Waals surface area (Å²) in [7, 11) is 0. The zero-order chi connectivity index (χ0) is 12.1. The Kier molecular flexibility index (Phi) is 3.34. The third-order valence-electron chi connectivity index (χ3n) is 2.17. The molecule has 2 amide bonds. The predicted molar refractivity (Wildman–Crippen MR) is 61.3 cm³/mol. The van der Waals surface area contributed by atoms with Gasteiger partial charge in [-0.05, 0) is 19.1 Å². The molecule has 88 valence electrons. The van der Waals surface area contributed by atoms with Crippen LogP contribution < -0.4 is 10.6 Å². The van der Waals surface area contributed by atoms with Gasteiger partial charge in [0, 0.05) is 12.3 Å². The largest absolute Gasteiger partial charge is 0.364 e. The molecule has 0 aliphatic rings. The average Bonchev–Trinajstić information content (AvgIpc) is 2.83. The zero-order valence-electron chi connectivity index (χ0n) is 9.25. The summed E-state index contributed by atoms with van der Waals surface area (Å²) in [5.74, 6) is 0. The number of pyridine rings is 1. The Morgan fingerprint density at radius 1 is 1.47 bits per heavy atom. The van der Waals surface area contributed by atoms with Gasteiger partial charge >= 0.3 is 6.03 Å². The van der Waals surface area contributed by atoms with Gasteiger partial charge in [-0.25, -0.2) is 4.79 Å². The van der Waals surface area contributed by atoms with Gasteiger partial charge < -0.3 is 15.2 Å². The first-order valence-electron chi connectivity index (χ1n) is 5.13. The molecular formula is C11H12N4O2. The maximum absolute atomic E-state index is 11.6. The molecule has 6 nitrogen and oxygen atoms in total. The van der Waals surface area contributed by atoms with Crippen molar-refractivity contribution in [1.29, 1.82) is 0 Å². The monoisotopic (exact) mass is 232 g/mol. The molecule has 0 fully saturated rings. The molecule has 0 aliphatic heterocycles. The maximum Gasteiger partial charge on any atom is 0.319 e. The number of rotatable bonds is 3. The van der Waals surface area contributed by atoms with Crippen molar-refractivity contribution >= 4 is 11.7 Å². The van der Waals surface area contributed by atoms with Crippen LogP contribution in [0.25, 0.3) is 0 Å². The molecular weight excluding hydrogens is 220 g/mol. The summed E-state index contributed by atoms with van der Waals surface area (Å²) >= 11 is 0. The number of nitrogens with zero attached hydrogens (tertiary/aromatic N) is 2. The molecule has 0 radical (unpaired) electrons. The average molecular weight is 232 g/mol. The molecule has 0 bridgehead atoms. The SMILES string of the molecule is C[C@@H](NC(=O)Nc1cccnc1)c1ccon1. The van der Waals surface area contributed by atoms with Crippen molar-refractivity contribution in [3.63, 3.8) is 0 Å². The fourth-order valence-corrected chi connectivity index (χ4v) is 1.32. The van der Waals surface area contributed by atoms with E-state index in [0.717, 1.165) is 0 Å². The lowest BCUT2D eigenvalue weighted by Crippen LogP contribution is -2.31. The van der Waals surface area contributed by atoms with Crippen LogP contribution in [0.1, 0.15) is 18.7 Å². The second kappa shape index (κ2) is 5.11. The van der Waals surface area contributed by atoms with E-state index in [1.807, 2.05) is 6.92 Å². The van der Waals surface area contributed by atoms with Crippen LogP contribution in [-0.2, 0) is 0 Å². The van der Waals surface area contributed by atoms with Crippen LogP contribution in [0, 0.1) is 0 Å². The van der Waals surface area contributed by atoms with E-state index in [-0.39, 0.29) is 12.1 Å². The molecule has 6 heteroatoms. The van der Waals surface area contributed by atoms with Crippen LogP contribution in [0.3, 0.4) is 0 Å². The third-order valence-corrected chi connectivity index (χ3v) is 2.17. The Bertz CT molecular complexity index is 469. The molecule has 0 saturated carbocycles. The predicted octanol–water partition coefficient (Wildman–Crippen LogP) is 1.95. The Morgan fingerprint density at radius 2 is 2.35 bits per heavy atom. The zero-order valence-corrected chi connectivity index (χ0v) is 9.25. The van der Waals surface area contributed by atoms with Gasteiger partial charge in [-0.15, -0.1) is 0 Å². The van der Waals surface area contributed by atoms with Gasteiger partial charge in [-0.3, -0.25) is 4.98 Å². The number of hydrogen-bond donors (Lipinski definition) is 2. The topological polar surface area (TPSA) is 80.0 Å². The number of hydrogen-bond acceptors (Lipinski definition) is 4. The maximum atomic E-state index is 11.6.